The van der Waals surface area contributed by atoms with E-state index in [-0.39, 0.29) is 11.8 Å². The number of hydroxylamine groups is 1. The Balaban J connectivity index is 1.40. The highest BCUT2D eigenvalue weighted by molar-refractivity contribution is 5.92. The Labute approximate surface area is 212 Å². The topological polar surface area (TPSA) is 97.3 Å². The van der Waals surface area contributed by atoms with Gasteiger partial charge in [0.2, 0.25) is 11.8 Å². The molecule has 3 rings (SSSR count). The molecular formula is C28H36N2O6. The Morgan fingerprint density at radius 1 is 0.972 bits per heavy atom. The Bertz CT molecular complexity index is 1040. The number of nitrogens with one attached hydrogen (secondary N) is 1. The normalized spacial score (nSPS) is 12.8. The molecule has 0 aliphatic carbocycles. The number of ether oxygens (including phenoxy) is 3. The number of carbonyl (C=O) groups is 2. The summed E-state index contributed by atoms with van der Waals surface area (Å²) >= 11 is 0. The Morgan fingerprint density at radius 2 is 1.64 bits per heavy atom. The van der Waals surface area contributed by atoms with Crippen molar-refractivity contribution in [2.24, 2.45) is 0 Å². The molecule has 0 saturated heterocycles. The maximum absolute atomic E-state index is 12.8. The molecule has 2 amide bonds. The molecule has 1 aliphatic rings. The Hall–Kier alpha value is -3.52. The van der Waals surface area contributed by atoms with Crippen LogP contribution in [0.25, 0.3) is 6.08 Å². The summed E-state index contributed by atoms with van der Waals surface area (Å²) in [5.41, 5.74) is 4.85. The first-order valence-electron chi connectivity index (χ1n) is 12.4. The number of carbonyl (C=O) groups excluding carboxylic acids is 2. The molecule has 0 aromatic heterocycles. The number of benzene rings is 2. The average Bonchev–Trinajstić information content (AvgIpc) is 2.92. The van der Waals surface area contributed by atoms with E-state index in [0.717, 1.165) is 55.4 Å². The average molecular weight is 497 g/mol. The molecular weight excluding hydrogens is 460 g/mol. The zero-order chi connectivity index (χ0) is 25.8. The fourth-order valence-electron chi connectivity index (χ4n) is 4.18. The molecule has 1 heterocycles. The molecule has 0 fully saturated rings. The van der Waals surface area contributed by atoms with E-state index in [1.165, 1.54) is 5.56 Å². The molecule has 8 heteroatoms. The van der Waals surface area contributed by atoms with E-state index in [1.807, 2.05) is 47.4 Å². The van der Waals surface area contributed by atoms with Crippen LogP contribution in [0.5, 0.6) is 17.2 Å². The van der Waals surface area contributed by atoms with Crippen LogP contribution in [-0.2, 0) is 22.6 Å². The molecule has 0 bridgehead atoms. The Morgan fingerprint density at radius 3 is 2.33 bits per heavy atom. The van der Waals surface area contributed by atoms with E-state index >= 15 is 0 Å². The van der Waals surface area contributed by atoms with Crippen molar-refractivity contribution in [1.29, 1.82) is 0 Å². The maximum atomic E-state index is 12.8. The summed E-state index contributed by atoms with van der Waals surface area (Å²) in [6, 6.07) is 11.7. The number of amides is 2. The van der Waals surface area contributed by atoms with Gasteiger partial charge in [0.15, 0.2) is 11.5 Å². The van der Waals surface area contributed by atoms with Gasteiger partial charge in [0.1, 0.15) is 5.75 Å². The summed E-state index contributed by atoms with van der Waals surface area (Å²) < 4.78 is 16.6. The van der Waals surface area contributed by atoms with E-state index in [2.05, 4.69) is 0 Å². The minimum atomic E-state index is -0.333. The second kappa shape index (κ2) is 14.1. The Kier molecular flexibility index (Phi) is 10.6. The highest BCUT2D eigenvalue weighted by Crippen LogP contribution is 2.33. The van der Waals surface area contributed by atoms with Crippen LogP contribution < -0.4 is 19.7 Å². The van der Waals surface area contributed by atoms with Crippen molar-refractivity contribution < 1.29 is 29.0 Å². The predicted octanol–water partition coefficient (Wildman–Crippen LogP) is 4.53. The molecule has 8 nitrogen and oxygen atoms in total. The zero-order valence-corrected chi connectivity index (χ0v) is 21.1. The van der Waals surface area contributed by atoms with Crippen molar-refractivity contribution in [2.45, 2.75) is 51.5 Å². The molecule has 0 radical (unpaired) electrons. The van der Waals surface area contributed by atoms with E-state index in [0.29, 0.717) is 37.6 Å². The van der Waals surface area contributed by atoms with Gasteiger partial charge < -0.3 is 19.1 Å². The lowest BCUT2D eigenvalue weighted by Crippen LogP contribution is -2.34. The van der Waals surface area contributed by atoms with Gasteiger partial charge in [-0.15, -0.1) is 0 Å². The smallest absolute Gasteiger partial charge is 0.246 e. The van der Waals surface area contributed by atoms with E-state index in [4.69, 9.17) is 19.4 Å². The number of hydrogen-bond donors (Lipinski definition) is 2. The van der Waals surface area contributed by atoms with Gasteiger partial charge in [-0.1, -0.05) is 31.4 Å². The minimum Gasteiger partial charge on any atom is -0.494 e. The van der Waals surface area contributed by atoms with E-state index < -0.39 is 0 Å². The number of methoxy groups -OCH3 is 2. The lowest BCUT2D eigenvalue weighted by molar-refractivity contribution is -0.129. The van der Waals surface area contributed by atoms with Crippen molar-refractivity contribution in [2.75, 3.05) is 27.4 Å². The van der Waals surface area contributed by atoms with Gasteiger partial charge in [0, 0.05) is 25.6 Å². The van der Waals surface area contributed by atoms with Crippen LogP contribution in [0, 0.1) is 0 Å². The molecule has 194 valence electrons. The summed E-state index contributed by atoms with van der Waals surface area (Å²) in [5.74, 6) is 1.84. The van der Waals surface area contributed by atoms with Crippen molar-refractivity contribution >= 4 is 17.9 Å². The molecule has 0 saturated carbocycles. The third kappa shape index (κ3) is 8.02. The van der Waals surface area contributed by atoms with Gasteiger partial charge in [-0.05, 0) is 66.3 Å². The summed E-state index contributed by atoms with van der Waals surface area (Å²) in [5, 5.41) is 8.46. The van der Waals surface area contributed by atoms with Gasteiger partial charge in [0.05, 0.1) is 20.8 Å². The number of fused-ring (bicyclic) bond motifs is 1. The molecule has 0 unspecified atom stereocenters. The molecule has 2 N–H and O–H groups in total. The van der Waals surface area contributed by atoms with Crippen LogP contribution in [0.15, 0.2) is 42.5 Å². The summed E-state index contributed by atoms with van der Waals surface area (Å²) in [6.07, 6.45) is 9.33. The fraction of sp³-hybridized carbons (Fsp3) is 0.429. The first kappa shape index (κ1) is 27.1. The van der Waals surface area contributed by atoms with Crippen LogP contribution in [-0.4, -0.2) is 49.3 Å². The highest BCUT2D eigenvalue weighted by Gasteiger charge is 2.21. The molecule has 1 aliphatic heterocycles. The molecule has 2 aromatic rings. The number of nitrogens with zero attached hydrogens (tertiary/aromatic N) is 1. The fourth-order valence-corrected chi connectivity index (χ4v) is 4.18. The quantitative estimate of drug-likeness (QED) is 0.183. The number of rotatable bonds is 13. The van der Waals surface area contributed by atoms with Crippen LogP contribution >= 0.6 is 0 Å². The van der Waals surface area contributed by atoms with Crippen molar-refractivity contribution in [1.82, 2.24) is 10.4 Å². The molecule has 0 spiro atoms. The maximum Gasteiger partial charge on any atom is 0.246 e. The van der Waals surface area contributed by atoms with Gasteiger partial charge in [-0.3, -0.25) is 14.8 Å². The first-order valence-corrected chi connectivity index (χ1v) is 12.4. The second-order valence-electron chi connectivity index (χ2n) is 8.79. The summed E-state index contributed by atoms with van der Waals surface area (Å²) in [7, 11) is 3.24. The highest BCUT2D eigenvalue weighted by atomic mass is 16.5. The standard InChI is InChI=1S/C28H36N2O6/c1-34-25-18-22-15-16-30(20-23(22)19-26(25)35-2)28(32)14-11-21-9-12-24(13-10-21)36-17-7-5-3-4-6-8-27(31)29-33/h9-14,18-19,33H,3-8,15-17,20H2,1-2H3,(H,29,31)/b14-11+. The summed E-state index contributed by atoms with van der Waals surface area (Å²) in [6.45, 7) is 1.85. The van der Waals surface area contributed by atoms with Crippen LogP contribution in [0.3, 0.4) is 0 Å². The molecule has 2 aromatic carbocycles. The van der Waals surface area contributed by atoms with Crippen LogP contribution in [0.4, 0.5) is 0 Å². The lowest BCUT2D eigenvalue weighted by Gasteiger charge is -2.28. The number of hydrogen-bond acceptors (Lipinski definition) is 6. The number of unbranched alkanes of at least 4 members (excludes halogenated alkanes) is 4. The van der Waals surface area contributed by atoms with Crippen molar-refractivity contribution in [3.63, 3.8) is 0 Å². The van der Waals surface area contributed by atoms with Gasteiger partial charge in [-0.25, -0.2) is 5.48 Å². The predicted molar refractivity (Wildman–Crippen MR) is 137 cm³/mol. The zero-order valence-electron chi connectivity index (χ0n) is 21.1. The van der Waals surface area contributed by atoms with E-state index in [1.54, 1.807) is 25.8 Å². The van der Waals surface area contributed by atoms with Gasteiger partial charge >= 0.3 is 0 Å². The van der Waals surface area contributed by atoms with Gasteiger partial charge in [0.25, 0.3) is 0 Å². The first-order chi connectivity index (χ1) is 17.5. The van der Waals surface area contributed by atoms with Crippen molar-refractivity contribution in [3.8, 4) is 17.2 Å². The SMILES string of the molecule is COc1cc2c(cc1OC)CN(C(=O)/C=C/c1ccc(OCCCCCCCC(=O)NO)cc1)CC2. The van der Waals surface area contributed by atoms with Crippen LogP contribution in [0.2, 0.25) is 0 Å². The lowest BCUT2D eigenvalue weighted by atomic mass is 9.98. The monoisotopic (exact) mass is 496 g/mol. The third-order valence-electron chi connectivity index (χ3n) is 6.27. The minimum absolute atomic E-state index is 0.0206. The largest absolute Gasteiger partial charge is 0.494 e. The molecule has 36 heavy (non-hydrogen) atoms. The van der Waals surface area contributed by atoms with E-state index in [9.17, 15) is 9.59 Å². The second-order valence-corrected chi connectivity index (χ2v) is 8.79. The third-order valence-corrected chi connectivity index (χ3v) is 6.27. The van der Waals surface area contributed by atoms with Crippen LogP contribution in [0.1, 0.15) is 55.2 Å². The molecule has 0 atom stereocenters. The summed E-state index contributed by atoms with van der Waals surface area (Å²) in [4.78, 5) is 25.5. The van der Waals surface area contributed by atoms with Crippen molar-refractivity contribution in [3.05, 3.63) is 59.2 Å². The van der Waals surface area contributed by atoms with Gasteiger partial charge in [-0.2, -0.15) is 0 Å².